The van der Waals surface area contributed by atoms with Gasteiger partial charge in [-0.05, 0) is 60.7 Å². The van der Waals surface area contributed by atoms with E-state index in [-0.39, 0.29) is 6.54 Å². The maximum atomic E-state index is 12.2. The van der Waals surface area contributed by atoms with E-state index in [0.29, 0.717) is 11.5 Å². The molecular weight excluding hydrogens is 364 g/mol. The smallest absolute Gasteiger partial charge is 0.251 e. The zero-order valence-electron chi connectivity index (χ0n) is 16.9. The molecule has 4 N–H and O–H groups in total. The highest BCUT2D eigenvalue weighted by atomic mass is 16.3. The number of aliphatic hydroxyl groups is 1. The molecule has 0 saturated heterocycles. The number of benzene rings is 2. The molecule has 0 spiro atoms. The van der Waals surface area contributed by atoms with Crippen molar-refractivity contribution in [3.8, 4) is 11.8 Å². The van der Waals surface area contributed by atoms with E-state index in [4.69, 9.17) is 10.8 Å². The Kier molecular flexibility index (Phi) is 8.60. The second kappa shape index (κ2) is 11.2. The van der Waals surface area contributed by atoms with Gasteiger partial charge in [0.05, 0.1) is 0 Å². The van der Waals surface area contributed by atoms with Crippen molar-refractivity contribution in [3.63, 3.8) is 0 Å². The van der Waals surface area contributed by atoms with E-state index < -0.39 is 24.3 Å². The molecule has 0 aliphatic carbocycles. The molecule has 2 aromatic carbocycles. The van der Waals surface area contributed by atoms with Crippen molar-refractivity contribution in [2.75, 3.05) is 13.2 Å². The van der Waals surface area contributed by atoms with Gasteiger partial charge in [0.2, 0.25) is 0 Å². The Labute approximate surface area is 172 Å². The molecule has 0 unspecified atom stereocenters. The Bertz CT molecular complexity index is 875. The van der Waals surface area contributed by atoms with Gasteiger partial charge in [-0.15, -0.1) is 0 Å². The lowest BCUT2D eigenvalue weighted by Crippen LogP contribution is -2.46. The van der Waals surface area contributed by atoms with Crippen LogP contribution in [0.4, 0.5) is 0 Å². The first-order valence-electron chi connectivity index (χ1n) is 9.78. The number of nitrogens with one attached hydrogen (secondary N) is 1. The highest BCUT2D eigenvalue weighted by Gasteiger charge is 2.18. The van der Waals surface area contributed by atoms with Gasteiger partial charge in [-0.2, -0.15) is 0 Å². The Hall–Kier alpha value is -2.94. The second-order valence-corrected chi connectivity index (χ2v) is 7.34. The number of Topliss-reactive ketones (excluding diaryl/α,β-unsaturated/α-hetero) is 1. The number of aliphatic hydroxyl groups excluding tert-OH is 1. The molecule has 0 aliphatic heterocycles. The zero-order valence-corrected chi connectivity index (χ0v) is 16.9. The molecule has 0 aliphatic rings. The summed E-state index contributed by atoms with van der Waals surface area (Å²) >= 11 is 0. The van der Waals surface area contributed by atoms with Crippen LogP contribution in [0.1, 0.15) is 47.3 Å². The van der Waals surface area contributed by atoms with Crippen LogP contribution in [0.3, 0.4) is 0 Å². The second-order valence-electron chi connectivity index (χ2n) is 7.34. The molecule has 1 amide bonds. The van der Waals surface area contributed by atoms with Crippen molar-refractivity contribution in [2.45, 2.75) is 32.7 Å². The Morgan fingerprint density at radius 1 is 1.00 bits per heavy atom. The molecule has 5 nitrogen and oxygen atoms in total. The predicted molar refractivity (Wildman–Crippen MR) is 114 cm³/mol. The molecule has 0 heterocycles. The van der Waals surface area contributed by atoms with Crippen LogP contribution in [0.5, 0.6) is 0 Å². The van der Waals surface area contributed by atoms with E-state index in [1.165, 1.54) is 12.0 Å². The summed E-state index contributed by atoms with van der Waals surface area (Å²) in [6.07, 6.45) is 2.24. The van der Waals surface area contributed by atoms with E-state index in [9.17, 15) is 9.59 Å². The highest BCUT2D eigenvalue weighted by molar-refractivity contribution is 5.98. The minimum Gasteiger partial charge on any atom is -0.388 e. The van der Waals surface area contributed by atoms with Crippen LogP contribution in [0, 0.1) is 17.8 Å². The molecule has 152 valence electrons. The van der Waals surface area contributed by atoms with E-state index in [2.05, 4.69) is 43.1 Å². The van der Waals surface area contributed by atoms with Gasteiger partial charge in [0.15, 0.2) is 5.78 Å². The van der Waals surface area contributed by atoms with Crippen LogP contribution >= 0.6 is 0 Å². The topological polar surface area (TPSA) is 92.4 Å². The minimum atomic E-state index is -0.893. The number of hydrogen-bond acceptors (Lipinski definition) is 4. The fourth-order valence-corrected chi connectivity index (χ4v) is 2.68. The van der Waals surface area contributed by atoms with Gasteiger partial charge in [-0.25, -0.2) is 0 Å². The summed E-state index contributed by atoms with van der Waals surface area (Å²) in [4.78, 5) is 23.7. The van der Waals surface area contributed by atoms with Crippen LogP contribution in [-0.2, 0) is 11.2 Å². The van der Waals surface area contributed by atoms with Crippen LogP contribution in [0.25, 0.3) is 0 Å². The predicted octanol–water partition coefficient (Wildman–Crippen LogP) is 2.29. The third kappa shape index (κ3) is 7.19. The lowest BCUT2D eigenvalue weighted by atomic mass is 10.0. The van der Waals surface area contributed by atoms with Crippen molar-refractivity contribution in [1.82, 2.24) is 5.32 Å². The van der Waals surface area contributed by atoms with Gasteiger partial charge in [0.1, 0.15) is 12.6 Å². The van der Waals surface area contributed by atoms with E-state index in [1.54, 1.807) is 24.3 Å². The van der Waals surface area contributed by atoms with Gasteiger partial charge < -0.3 is 16.2 Å². The van der Waals surface area contributed by atoms with Gasteiger partial charge in [0.25, 0.3) is 5.91 Å². The normalized spacial score (nSPS) is 11.5. The number of carbonyl (C=O) groups is 2. The molecule has 0 bridgehead atoms. The number of carbonyl (C=O) groups excluding carboxylic acids is 2. The Morgan fingerprint density at radius 2 is 1.55 bits per heavy atom. The van der Waals surface area contributed by atoms with Crippen LogP contribution < -0.4 is 11.1 Å². The largest absolute Gasteiger partial charge is 0.388 e. The lowest BCUT2D eigenvalue weighted by molar-refractivity contribution is -0.123. The summed E-state index contributed by atoms with van der Waals surface area (Å²) in [5, 5.41) is 11.4. The quantitative estimate of drug-likeness (QED) is 0.601. The monoisotopic (exact) mass is 392 g/mol. The van der Waals surface area contributed by atoms with Gasteiger partial charge in [-0.3, -0.25) is 9.59 Å². The fraction of sp³-hybridized carbons (Fsp3) is 0.333. The SMILES string of the molecule is CC(C)CCc1ccc(C#Cc2ccc(C(=O)N[C@@H](CN)C(=O)CO)cc2)cc1. The van der Waals surface area contributed by atoms with Gasteiger partial charge >= 0.3 is 0 Å². The molecule has 0 radical (unpaired) electrons. The third-order valence-corrected chi connectivity index (χ3v) is 4.55. The third-order valence-electron chi connectivity index (χ3n) is 4.55. The minimum absolute atomic E-state index is 0.0645. The summed E-state index contributed by atoms with van der Waals surface area (Å²) in [5.41, 5.74) is 8.90. The van der Waals surface area contributed by atoms with Crippen molar-refractivity contribution in [3.05, 3.63) is 70.8 Å². The van der Waals surface area contributed by atoms with Crippen LogP contribution in [0.2, 0.25) is 0 Å². The van der Waals surface area contributed by atoms with Crippen molar-refractivity contribution in [2.24, 2.45) is 11.7 Å². The molecule has 29 heavy (non-hydrogen) atoms. The maximum absolute atomic E-state index is 12.2. The number of ketones is 1. The summed E-state index contributed by atoms with van der Waals surface area (Å²) in [6.45, 7) is 3.72. The number of aryl methyl sites for hydroxylation is 1. The number of amides is 1. The van der Waals surface area contributed by atoms with Gasteiger partial charge in [-0.1, -0.05) is 37.8 Å². The molecule has 2 rings (SSSR count). The maximum Gasteiger partial charge on any atom is 0.251 e. The standard InChI is InChI=1S/C24H28N2O3/c1-17(2)3-4-18-5-7-19(8-6-18)9-10-20-11-13-21(14-12-20)24(29)26-22(15-25)23(28)16-27/h5-8,11-14,17,22,27H,3-4,15-16,25H2,1-2H3,(H,26,29)/t22-/m0/s1. The molecular formula is C24H28N2O3. The highest BCUT2D eigenvalue weighted by Crippen LogP contribution is 2.10. The number of rotatable bonds is 8. The summed E-state index contributed by atoms with van der Waals surface area (Å²) < 4.78 is 0. The molecule has 2 aromatic rings. The molecule has 0 fully saturated rings. The van der Waals surface area contributed by atoms with Crippen LogP contribution in [0.15, 0.2) is 48.5 Å². The summed E-state index contributed by atoms with van der Waals surface area (Å²) in [6, 6.07) is 14.2. The summed E-state index contributed by atoms with van der Waals surface area (Å²) in [5.74, 6) is 5.97. The summed E-state index contributed by atoms with van der Waals surface area (Å²) in [7, 11) is 0. The fourth-order valence-electron chi connectivity index (χ4n) is 2.68. The molecule has 1 atom stereocenters. The lowest BCUT2D eigenvalue weighted by Gasteiger charge is -2.14. The van der Waals surface area contributed by atoms with E-state index in [0.717, 1.165) is 17.5 Å². The van der Waals surface area contributed by atoms with E-state index in [1.807, 2.05) is 12.1 Å². The number of hydrogen-bond donors (Lipinski definition) is 3. The van der Waals surface area contributed by atoms with Crippen LogP contribution in [-0.4, -0.2) is 36.0 Å². The average Bonchev–Trinajstić information content (AvgIpc) is 2.74. The first kappa shape index (κ1) is 22.4. The first-order valence-corrected chi connectivity index (χ1v) is 9.78. The Morgan fingerprint density at radius 3 is 2.03 bits per heavy atom. The molecule has 0 aromatic heterocycles. The van der Waals surface area contributed by atoms with Crippen molar-refractivity contribution < 1.29 is 14.7 Å². The van der Waals surface area contributed by atoms with Crippen molar-refractivity contribution in [1.29, 1.82) is 0 Å². The Balaban J connectivity index is 1.99. The number of nitrogens with two attached hydrogens (primary N) is 1. The average molecular weight is 392 g/mol. The van der Waals surface area contributed by atoms with Gasteiger partial charge in [0, 0.05) is 23.2 Å². The molecule has 0 saturated carbocycles. The van der Waals surface area contributed by atoms with Crippen molar-refractivity contribution >= 4 is 11.7 Å². The first-order chi connectivity index (χ1) is 13.9. The molecule has 5 heteroatoms. The zero-order chi connectivity index (χ0) is 21.2. The van der Waals surface area contributed by atoms with E-state index >= 15 is 0 Å².